The van der Waals surface area contributed by atoms with Crippen molar-refractivity contribution in [2.45, 2.75) is 18.4 Å². The molecular weight excluding hydrogens is 251 g/mol. The quantitative estimate of drug-likeness (QED) is 0.806. The maximum atomic E-state index is 12.8. The van der Waals surface area contributed by atoms with Gasteiger partial charge in [0.2, 0.25) is 5.91 Å². The summed E-state index contributed by atoms with van der Waals surface area (Å²) in [5, 5.41) is 9.89. The molecule has 1 aliphatic rings. The van der Waals surface area contributed by atoms with Crippen molar-refractivity contribution in [2.24, 2.45) is 5.73 Å². The lowest BCUT2D eigenvalue weighted by molar-refractivity contribution is -0.140. The molecule has 2 rings (SSSR count). The molecule has 0 aromatic heterocycles. The fraction of sp³-hybridized carbons (Fsp3) is 0.385. The van der Waals surface area contributed by atoms with Gasteiger partial charge in [-0.05, 0) is 24.3 Å². The molecule has 6 heteroatoms. The molecule has 1 fully saturated rings. The van der Waals surface area contributed by atoms with Crippen LogP contribution in [-0.4, -0.2) is 40.5 Å². The summed E-state index contributed by atoms with van der Waals surface area (Å²) < 4.78 is 12.8. The Balaban J connectivity index is 2.04. The molecule has 1 aromatic carbocycles. The molecule has 0 radical (unpaired) electrons. The van der Waals surface area contributed by atoms with Crippen LogP contribution in [0.25, 0.3) is 0 Å². The van der Waals surface area contributed by atoms with Crippen molar-refractivity contribution in [3.05, 3.63) is 35.6 Å². The fourth-order valence-electron chi connectivity index (χ4n) is 2.10. The Morgan fingerprint density at radius 2 is 1.74 bits per heavy atom. The van der Waals surface area contributed by atoms with Gasteiger partial charge in [0.15, 0.2) is 0 Å². The second-order valence-corrected chi connectivity index (χ2v) is 4.69. The van der Waals surface area contributed by atoms with Crippen LogP contribution in [0.5, 0.6) is 0 Å². The van der Waals surface area contributed by atoms with E-state index in [4.69, 9.17) is 5.73 Å². The number of piperidine rings is 1. The molecule has 0 saturated carbocycles. The summed E-state index contributed by atoms with van der Waals surface area (Å²) in [5.41, 5.74) is 3.97. The maximum absolute atomic E-state index is 12.8. The molecule has 2 amide bonds. The molecule has 102 valence electrons. The smallest absolute Gasteiger partial charge is 0.253 e. The SMILES string of the molecule is NC(=O)C1(O)CCN(C(=O)c2ccc(F)cc2)CC1. The first kappa shape index (κ1) is 13.5. The number of hydrogen-bond acceptors (Lipinski definition) is 3. The number of aliphatic hydroxyl groups is 1. The number of primary amides is 1. The van der Waals surface area contributed by atoms with E-state index in [1.54, 1.807) is 0 Å². The standard InChI is InChI=1S/C13H15FN2O3/c14-10-3-1-9(2-4-10)11(17)16-7-5-13(19,6-8-16)12(15)18/h1-4,19H,5-8H2,(H2,15,18). The summed E-state index contributed by atoms with van der Waals surface area (Å²) in [4.78, 5) is 24.7. The Morgan fingerprint density at radius 3 is 2.21 bits per heavy atom. The van der Waals surface area contributed by atoms with Crippen LogP contribution in [0.15, 0.2) is 24.3 Å². The van der Waals surface area contributed by atoms with Crippen molar-refractivity contribution < 1.29 is 19.1 Å². The summed E-state index contributed by atoms with van der Waals surface area (Å²) in [7, 11) is 0. The van der Waals surface area contributed by atoms with Gasteiger partial charge in [0.1, 0.15) is 11.4 Å². The minimum Gasteiger partial charge on any atom is -0.380 e. The zero-order valence-corrected chi connectivity index (χ0v) is 10.3. The van der Waals surface area contributed by atoms with E-state index in [1.807, 2.05) is 0 Å². The Morgan fingerprint density at radius 1 is 1.21 bits per heavy atom. The van der Waals surface area contributed by atoms with Gasteiger partial charge in [-0.2, -0.15) is 0 Å². The Kier molecular flexibility index (Phi) is 3.53. The topological polar surface area (TPSA) is 83.6 Å². The predicted molar refractivity (Wildman–Crippen MR) is 65.7 cm³/mol. The first-order valence-electron chi connectivity index (χ1n) is 5.99. The second kappa shape index (κ2) is 4.97. The van der Waals surface area contributed by atoms with Gasteiger partial charge >= 0.3 is 0 Å². The number of amides is 2. The summed E-state index contributed by atoms with van der Waals surface area (Å²) >= 11 is 0. The Hall–Kier alpha value is -1.95. The van der Waals surface area contributed by atoms with E-state index in [0.717, 1.165) is 0 Å². The van der Waals surface area contributed by atoms with Crippen LogP contribution >= 0.6 is 0 Å². The largest absolute Gasteiger partial charge is 0.380 e. The van der Waals surface area contributed by atoms with Gasteiger partial charge in [0, 0.05) is 31.5 Å². The van der Waals surface area contributed by atoms with Gasteiger partial charge < -0.3 is 15.7 Å². The van der Waals surface area contributed by atoms with Crippen molar-refractivity contribution in [2.75, 3.05) is 13.1 Å². The zero-order chi connectivity index (χ0) is 14.0. The molecule has 19 heavy (non-hydrogen) atoms. The van der Waals surface area contributed by atoms with Crippen LogP contribution in [0, 0.1) is 5.82 Å². The molecule has 0 aliphatic carbocycles. The third-order valence-corrected chi connectivity index (χ3v) is 3.43. The van der Waals surface area contributed by atoms with Crippen LogP contribution in [0.3, 0.4) is 0 Å². The van der Waals surface area contributed by atoms with Crippen LogP contribution in [0.2, 0.25) is 0 Å². The molecule has 1 heterocycles. The average Bonchev–Trinajstić information content (AvgIpc) is 2.39. The van der Waals surface area contributed by atoms with Crippen molar-refractivity contribution >= 4 is 11.8 Å². The normalized spacial score (nSPS) is 18.1. The lowest BCUT2D eigenvalue weighted by Crippen LogP contribution is -2.53. The van der Waals surface area contributed by atoms with Gasteiger partial charge in [-0.15, -0.1) is 0 Å². The highest BCUT2D eigenvalue weighted by atomic mass is 19.1. The van der Waals surface area contributed by atoms with Crippen LogP contribution < -0.4 is 5.73 Å². The molecule has 1 saturated heterocycles. The first-order valence-corrected chi connectivity index (χ1v) is 5.99. The van der Waals surface area contributed by atoms with Gasteiger partial charge in [0.05, 0.1) is 0 Å². The highest BCUT2D eigenvalue weighted by Gasteiger charge is 2.38. The van der Waals surface area contributed by atoms with E-state index in [1.165, 1.54) is 29.2 Å². The third kappa shape index (κ3) is 2.73. The Bertz CT molecular complexity index is 493. The molecule has 5 nitrogen and oxygen atoms in total. The third-order valence-electron chi connectivity index (χ3n) is 3.43. The van der Waals surface area contributed by atoms with Crippen molar-refractivity contribution in [1.82, 2.24) is 4.90 Å². The van der Waals surface area contributed by atoms with E-state index in [9.17, 15) is 19.1 Å². The van der Waals surface area contributed by atoms with Crippen molar-refractivity contribution in [1.29, 1.82) is 0 Å². The summed E-state index contributed by atoms with van der Waals surface area (Å²) in [6.07, 6.45) is 0.241. The number of nitrogens with two attached hydrogens (primary N) is 1. The van der Waals surface area contributed by atoms with Crippen LogP contribution in [0.1, 0.15) is 23.2 Å². The number of benzene rings is 1. The summed E-state index contributed by atoms with van der Waals surface area (Å²) in [5.74, 6) is -1.41. The molecule has 3 N–H and O–H groups in total. The number of carbonyl (C=O) groups excluding carboxylic acids is 2. The fourth-order valence-corrected chi connectivity index (χ4v) is 2.10. The lowest BCUT2D eigenvalue weighted by Gasteiger charge is -2.36. The van der Waals surface area contributed by atoms with Gasteiger partial charge in [0.25, 0.3) is 5.91 Å². The number of nitrogens with zero attached hydrogens (tertiary/aromatic N) is 1. The van der Waals surface area contributed by atoms with E-state index in [2.05, 4.69) is 0 Å². The van der Waals surface area contributed by atoms with Gasteiger partial charge in [-0.1, -0.05) is 0 Å². The second-order valence-electron chi connectivity index (χ2n) is 4.69. The van der Waals surface area contributed by atoms with Crippen molar-refractivity contribution in [3.8, 4) is 0 Å². The number of halogens is 1. The number of likely N-dealkylation sites (tertiary alicyclic amines) is 1. The van der Waals surface area contributed by atoms with Crippen molar-refractivity contribution in [3.63, 3.8) is 0 Å². The number of hydrogen-bond donors (Lipinski definition) is 2. The van der Waals surface area contributed by atoms with Gasteiger partial charge in [-0.25, -0.2) is 4.39 Å². The zero-order valence-electron chi connectivity index (χ0n) is 10.3. The van der Waals surface area contributed by atoms with E-state index < -0.39 is 17.3 Å². The van der Waals surface area contributed by atoms with Crippen LogP contribution in [-0.2, 0) is 4.79 Å². The van der Waals surface area contributed by atoms with E-state index in [0.29, 0.717) is 5.56 Å². The molecule has 0 atom stereocenters. The average molecular weight is 266 g/mol. The summed E-state index contributed by atoms with van der Waals surface area (Å²) in [6, 6.07) is 5.26. The molecule has 0 bridgehead atoms. The molecular formula is C13H15FN2O3. The van der Waals surface area contributed by atoms with Gasteiger partial charge in [-0.3, -0.25) is 9.59 Å². The molecule has 0 spiro atoms. The highest BCUT2D eigenvalue weighted by Crippen LogP contribution is 2.23. The summed E-state index contributed by atoms with van der Waals surface area (Å²) in [6.45, 7) is 0.491. The number of rotatable bonds is 2. The predicted octanol–water partition coefficient (Wildman–Crippen LogP) is 0.278. The minimum absolute atomic E-state index is 0.120. The van der Waals surface area contributed by atoms with E-state index >= 15 is 0 Å². The highest BCUT2D eigenvalue weighted by molar-refractivity contribution is 5.94. The number of carbonyl (C=O) groups is 2. The lowest BCUT2D eigenvalue weighted by atomic mass is 9.90. The Labute approximate surface area is 109 Å². The monoisotopic (exact) mass is 266 g/mol. The molecule has 0 unspecified atom stereocenters. The maximum Gasteiger partial charge on any atom is 0.253 e. The first-order chi connectivity index (χ1) is 8.92. The van der Waals surface area contributed by atoms with E-state index in [-0.39, 0.29) is 31.8 Å². The molecule has 1 aliphatic heterocycles. The molecule has 1 aromatic rings. The van der Waals surface area contributed by atoms with Crippen LogP contribution in [0.4, 0.5) is 4.39 Å². The minimum atomic E-state index is -1.53.